The number of amides is 1. The zero-order valence-corrected chi connectivity index (χ0v) is 12.0. The predicted molar refractivity (Wildman–Crippen MR) is 78.3 cm³/mol. The highest BCUT2D eigenvalue weighted by Crippen LogP contribution is 2.12. The van der Waals surface area contributed by atoms with Crippen LogP contribution >= 0.6 is 0 Å². The van der Waals surface area contributed by atoms with Crippen molar-refractivity contribution in [3.63, 3.8) is 0 Å². The number of hydrogen-bond acceptors (Lipinski definition) is 3. The first-order chi connectivity index (χ1) is 10.1. The van der Waals surface area contributed by atoms with Gasteiger partial charge in [0.15, 0.2) is 0 Å². The molecule has 1 unspecified atom stereocenters. The van der Waals surface area contributed by atoms with Crippen LogP contribution in [-0.4, -0.2) is 36.7 Å². The van der Waals surface area contributed by atoms with Crippen LogP contribution in [0, 0.1) is 5.92 Å². The molecule has 1 saturated heterocycles. The molecule has 1 aromatic rings. The summed E-state index contributed by atoms with van der Waals surface area (Å²) in [7, 11) is 0. The average Bonchev–Trinajstić information content (AvgIpc) is 2.52. The second-order valence-corrected chi connectivity index (χ2v) is 5.39. The molecule has 1 aliphatic heterocycles. The largest absolute Gasteiger partial charge is 0.478 e. The summed E-state index contributed by atoms with van der Waals surface area (Å²) in [6.45, 7) is 2.24. The number of aryl methyl sites for hydroxylation is 1. The van der Waals surface area contributed by atoms with Gasteiger partial charge in [-0.25, -0.2) is 4.79 Å². The van der Waals surface area contributed by atoms with Gasteiger partial charge in [0.1, 0.15) is 0 Å². The molecule has 1 aromatic carbocycles. The van der Waals surface area contributed by atoms with Crippen LogP contribution < -0.4 is 5.32 Å². The zero-order chi connectivity index (χ0) is 15.1. The van der Waals surface area contributed by atoms with Crippen molar-refractivity contribution < 1.29 is 19.4 Å². The Bertz CT molecular complexity index is 478. The fourth-order valence-corrected chi connectivity index (χ4v) is 2.39. The minimum absolute atomic E-state index is 0.0304. The van der Waals surface area contributed by atoms with Crippen LogP contribution in [0.15, 0.2) is 24.3 Å². The van der Waals surface area contributed by atoms with Gasteiger partial charge in [0.05, 0.1) is 12.2 Å². The highest BCUT2D eigenvalue weighted by atomic mass is 16.5. The van der Waals surface area contributed by atoms with E-state index < -0.39 is 5.97 Å². The van der Waals surface area contributed by atoms with Crippen LogP contribution in [0.3, 0.4) is 0 Å². The van der Waals surface area contributed by atoms with Gasteiger partial charge in [-0.2, -0.15) is 0 Å². The lowest BCUT2D eigenvalue weighted by atomic mass is 10.0. The third kappa shape index (κ3) is 5.19. The topological polar surface area (TPSA) is 75.6 Å². The van der Waals surface area contributed by atoms with Crippen molar-refractivity contribution in [2.45, 2.75) is 25.7 Å². The number of carboxylic acids is 1. The maximum absolute atomic E-state index is 11.8. The molecule has 21 heavy (non-hydrogen) atoms. The summed E-state index contributed by atoms with van der Waals surface area (Å²) in [5, 5.41) is 11.8. The summed E-state index contributed by atoms with van der Waals surface area (Å²) in [5.74, 6) is -0.477. The van der Waals surface area contributed by atoms with Crippen LogP contribution in [-0.2, 0) is 16.0 Å². The second kappa shape index (κ2) is 7.78. The molecule has 1 atom stereocenters. The Labute approximate surface area is 124 Å². The molecule has 2 N–H and O–H groups in total. The molecule has 0 radical (unpaired) electrons. The number of carboxylic acid groups (broad SMARTS) is 1. The molecule has 1 heterocycles. The van der Waals surface area contributed by atoms with E-state index in [1.807, 2.05) is 0 Å². The van der Waals surface area contributed by atoms with Crippen molar-refractivity contribution >= 4 is 11.9 Å². The Morgan fingerprint density at radius 1 is 1.29 bits per heavy atom. The molecule has 1 fully saturated rings. The fourth-order valence-electron chi connectivity index (χ4n) is 2.39. The number of ether oxygens (including phenoxy) is 1. The highest BCUT2D eigenvalue weighted by molar-refractivity contribution is 5.87. The van der Waals surface area contributed by atoms with Gasteiger partial charge in [-0.3, -0.25) is 4.79 Å². The molecule has 5 heteroatoms. The van der Waals surface area contributed by atoms with Crippen LogP contribution in [0.2, 0.25) is 0 Å². The van der Waals surface area contributed by atoms with Gasteiger partial charge in [0.2, 0.25) is 5.91 Å². The molecule has 0 spiro atoms. The number of aromatic carboxylic acids is 1. The minimum atomic E-state index is -0.936. The van der Waals surface area contributed by atoms with Gasteiger partial charge in [-0.05, 0) is 42.9 Å². The fraction of sp³-hybridized carbons (Fsp3) is 0.500. The van der Waals surface area contributed by atoms with E-state index in [-0.39, 0.29) is 11.5 Å². The first-order valence-corrected chi connectivity index (χ1v) is 7.32. The molecule has 0 bridgehead atoms. The molecule has 0 aromatic heterocycles. The molecule has 0 aliphatic carbocycles. The zero-order valence-electron chi connectivity index (χ0n) is 12.0. The van der Waals surface area contributed by atoms with Crippen LogP contribution in [0.5, 0.6) is 0 Å². The SMILES string of the molecule is O=C(CCc1ccc(C(=O)O)cc1)NCC1CCCOC1. The third-order valence-electron chi connectivity index (χ3n) is 3.68. The van der Waals surface area contributed by atoms with Crippen molar-refractivity contribution in [3.05, 3.63) is 35.4 Å². The average molecular weight is 291 g/mol. The number of benzene rings is 1. The molecule has 5 nitrogen and oxygen atoms in total. The van der Waals surface area contributed by atoms with E-state index in [2.05, 4.69) is 5.32 Å². The van der Waals surface area contributed by atoms with Gasteiger partial charge in [0, 0.05) is 19.6 Å². The maximum atomic E-state index is 11.8. The van der Waals surface area contributed by atoms with E-state index >= 15 is 0 Å². The lowest BCUT2D eigenvalue weighted by Crippen LogP contribution is -2.33. The van der Waals surface area contributed by atoms with Crippen molar-refractivity contribution in [3.8, 4) is 0 Å². The lowest BCUT2D eigenvalue weighted by Gasteiger charge is -2.22. The molecule has 114 valence electrons. The normalized spacial score (nSPS) is 18.2. The number of nitrogens with one attached hydrogen (secondary N) is 1. The summed E-state index contributed by atoms with van der Waals surface area (Å²) in [5.41, 5.74) is 1.23. The van der Waals surface area contributed by atoms with E-state index in [4.69, 9.17) is 9.84 Å². The van der Waals surface area contributed by atoms with Crippen molar-refractivity contribution in [2.75, 3.05) is 19.8 Å². The van der Waals surface area contributed by atoms with Gasteiger partial charge in [-0.1, -0.05) is 12.1 Å². The van der Waals surface area contributed by atoms with Gasteiger partial charge < -0.3 is 15.2 Å². The Hall–Kier alpha value is -1.88. The molecule has 1 amide bonds. The summed E-state index contributed by atoms with van der Waals surface area (Å²) in [6.07, 6.45) is 3.21. The van der Waals surface area contributed by atoms with E-state index in [0.717, 1.165) is 31.6 Å². The molecular weight excluding hydrogens is 270 g/mol. The van der Waals surface area contributed by atoms with Gasteiger partial charge >= 0.3 is 5.97 Å². The minimum Gasteiger partial charge on any atom is -0.478 e. The first kappa shape index (κ1) is 15.5. The van der Waals surface area contributed by atoms with Crippen molar-refractivity contribution in [1.82, 2.24) is 5.32 Å². The summed E-state index contributed by atoms with van der Waals surface area (Å²) in [4.78, 5) is 22.5. The van der Waals surface area contributed by atoms with E-state index in [0.29, 0.717) is 25.3 Å². The summed E-state index contributed by atoms with van der Waals surface area (Å²) < 4.78 is 5.37. The maximum Gasteiger partial charge on any atom is 0.335 e. The Morgan fingerprint density at radius 3 is 2.67 bits per heavy atom. The Balaban J connectivity index is 1.69. The molecule has 1 aliphatic rings. The molecule has 2 rings (SSSR count). The lowest BCUT2D eigenvalue weighted by molar-refractivity contribution is -0.121. The summed E-state index contributed by atoms with van der Waals surface area (Å²) in [6, 6.07) is 6.64. The predicted octanol–water partition coefficient (Wildman–Crippen LogP) is 1.86. The van der Waals surface area contributed by atoms with Crippen molar-refractivity contribution in [1.29, 1.82) is 0 Å². The number of carbonyl (C=O) groups is 2. The number of hydrogen-bond donors (Lipinski definition) is 2. The first-order valence-electron chi connectivity index (χ1n) is 7.32. The second-order valence-electron chi connectivity index (χ2n) is 5.39. The third-order valence-corrected chi connectivity index (χ3v) is 3.68. The van der Waals surface area contributed by atoms with E-state index in [1.165, 1.54) is 0 Å². The van der Waals surface area contributed by atoms with E-state index in [9.17, 15) is 9.59 Å². The standard InChI is InChI=1S/C16H21NO4/c18-15(17-10-13-2-1-9-21-11-13)8-5-12-3-6-14(7-4-12)16(19)20/h3-4,6-7,13H,1-2,5,8-11H2,(H,17,18)(H,19,20). The summed E-state index contributed by atoms with van der Waals surface area (Å²) >= 11 is 0. The number of rotatable bonds is 6. The smallest absolute Gasteiger partial charge is 0.335 e. The van der Waals surface area contributed by atoms with Crippen LogP contribution in [0.25, 0.3) is 0 Å². The highest BCUT2D eigenvalue weighted by Gasteiger charge is 2.14. The monoisotopic (exact) mass is 291 g/mol. The quantitative estimate of drug-likeness (QED) is 0.839. The van der Waals surface area contributed by atoms with E-state index in [1.54, 1.807) is 24.3 Å². The van der Waals surface area contributed by atoms with Crippen molar-refractivity contribution in [2.24, 2.45) is 5.92 Å². The molecule has 0 saturated carbocycles. The van der Waals surface area contributed by atoms with Gasteiger partial charge in [0.25, 0.3) is 0 Å². The van der Waals surface area contributed by atoms with Gasteiger partial charge in [-0.15, -0.1) is 0 Å². The van der Waals surface area contributed by atoms with Crippen LogP contribution in [0.1, 0.15) is 35.2 Å². The molecular formula is C16H21NO4. The number of carbonyl (C=O) groups excluding carboxylic acids is 1. The Morgan fingerprint density at radius 2 is 2.05 bits per heavy atom. The van der Waals surface area contributed by atoms with Crippen LogP contribution in [0.4, 0.5) is 0 Å². The Kier molecular flexibility index (Phi) is 5.75.